The number of hydrogen-bond acceptors (Lipinski definition) is 6. The number of rotatable bonds is 24. The molecule has 0 heterocycles. The van der Waals surface area contributed by atoms with Crippen molar-refractivity contribution >= 4 is 17.6 Å². The fraction of sp³-hybridized carbons (Fsp3) is 0.488. The molecule has 0 aromatic heterocycles. The van der Waals surface area contributed by atoms with Crippen molar-refractivity contribution in [2.24, 2.45) is 0 Å². The normalized spacial score (nSPS) is 10.8. The summed E-state index contributed by atoms with van der Waals surface area (Å²) in [4.78, 5) is 38.2. The molecule has 7 nitrogen and oxygen atoms in total. The summed E-state index contributed by atoms with van der Waals surface area (Å²) in [6.07, 6.45) is 19.8. The summed E-state index contributed by atoms with van der Waals surface area (Å²) in [7, 11) is 0. The van der Waals surface area contributed by atoms with Crippen molar-refractivity contribution in [1.82, 2.24) is 0 Å². The number of esters is 1. The van der Waals surface area contributed by atoms with E-state index in [9.17, 15) is 14.4 Å². The Balaban J connectivity index is 1.40. The summed E-state index contributed by atoms with van der Waals surface area (Å²) in [5.41, 5.74) is 0.679. The van der Waals surface area contributed by atoms with E-state index in [0.717, 1.165) is 31.4 Å². The molecule has 0 atom stereocenters. The Kier molecular flexibility index (Phi) is 18.6. The van der Waals surface area contributed by atoms with Gasteiger partial charge in [0.25, 0.3) is 5.91 Å². The topological polar surface area (TPSA) is 90.9 Å². The van der Waals surface area contributed by atoms with Gasteiger partial charge in [0.05, 0.1) is 18.8 Å². The molecule has 0 spiro atoms. The highest BCUT2D eigenvalue weighted by Crippen LogP contribution is 2.18. The first kappa shape index (κ1) is 38.3. The van der Waals surface area contributed by atoms with Crippen LogP contribution in [0.4, 0.5) is 5.69 Å². The van der Waals surface area contributed by atoms with Crippen LogP contribution in [0.1, 0.15) is 137 Å². The summed E-state index contributed by atoms with van der Waals surface area (Å²) >= 11 is 0. The Morgan fingerprint density at radius 3 is 1.46 bits per heavy atom. The molecule has 1 N–H and O–H groups in total. The summed E-state index contributed by atoms with van der Waals surface area (Å²) in [5.74, 6) is 0.304. The van der Waals surface area contributed by atoms with Crippen LogP contribution in [0.25, 0.3) is 0 Å². The van der Waals surface area contributed by atoms with Gasteiger partial charge in [0.15, 0.2) is 5.75 Å². The van der Waals surface area contributed by atoms with Gasteiger partial charge in [-0.05, 0) is 85.6 Å². The first-order valence-electron chi connectivity index (χ1n) is 18.1. The van der Waals surface area contributed by atoms with Crippen LogP contribution in [0.3, 0.4) is 0 Å². The molecule has 0 saturated heterocycles. The van der Waals surface area contributed by atoms with E-state index in [2.05, 4.69) is 19.2 Å². The molecular formula is C41H55NO6. The van der Waals surface area contributed by atoms with Crippen LogP contribution in [-0.4, -0.2) is 25.1 Å². The SMILES string of the molecule is CCCCCCCCCCOc1ccc(C(=O)Nc2ccc(OC(=O)c3ccc(OCCCCCCCCCC)cc3)c(=O)cc2)cc1. The molecule has 260 valence electrons. The van der Waals surface area contributed by atoms with Crippen molar-refractivity contribution in [3.05, 3.63) is 94.1 Å². The second kappa shape index (κ2) is 23.2. The zero-order valence-electron chi connectivity index (χ0n) is 29.1. The Labute approximate surface area is 287 Å². The monoisotopic (exact) mass is 657 g/mol. The molecule has 0 bridgehead atoms. The summed E-state index contributed by atoms with van der Waals surface area (Å²) in [5, 5.41) is 2.79. The van der Waals surface area contributed by atoms with Gasteiger partial charge in [0.1, 0.15) is 11.5 Å². The average molecular weight is 658 g/mol. The Bertz CT molecular complexity index is 1400. The second-order valence-electron chi connectivity index (χ2n) is 12.4. The third-order valence-electron chi connectivity index (χ3n) is 8.27. The summed E-state index contributed by atoms with van der Waals surface area (Å²) in [6, 6.07) is 19.4. The van der Waals surface area contributed by atoms with E-state index in [0.29, 0.717) is 35.8 Å². The van der Waals surface area contributed by atoms with Crippen molar-refractivity contribution < 1.29 is 23.8 Å². The molecule has 0 aliphatic heterocycles. The molecular weight excluding hydrogens is 602 g/mol. The number of amides is 1. The average Bonchev–Trinajstić information content (AvgIpc) is 3.27. The van der Waals surface area contributed by atoms with Gasteiger partial charge in [0, 0.05) is 11.3 Å². The molecule has 0 fully saturated rings. The molecule has 7 heteroatoms. The molecule has 1 amide bonds. The Hall–Kier alpha value is -4.13. The smallest absolute Gasteiger partial charge is 0.343 e. The van der Waals surface area contributed by atoms with E-state index in [1.807, 2.05) is 0 Å². The quantitative estimate of drug-likeness (QED) is 0.0761. The number of unbranched alkanes of at least 4 members (excludes halogenated alkanes) is 14. The lowest BCUT2D eigenvalue weighted by Gasteiger charge is -2.08. The Morgan fingerprint density at radius 2 is 0.958 bits per heavy atom. The van der Waals surface area contributed by atoms with Gasteiger partial charge in [-0.1, -0.05) is 104 Å². The molecule has 0 aliphatic rings. The van der Waals surface area contributed by atoms with Crippen LogP contribution in [0, 0.1) is 0 Å². The number of nitrogens with one attached hydrogen (secondary N) is 1. The minimum atomic E-state index is -0.650. The van der Waals surface area contributed by atoms with Gasteiger partial charge in [-0.15, -0.1) is 0 Å². The molecule has 0 radical (unpaired) electrons. The first-order valence-corrected chi connectivity index (χ1v) is 18.1. The van der Waals surface area contributed by atoms with E-state index in [4.69, 9.17) is 14.2 Å². The molecule has 3 rings (SSSR count). The van der Waals surface area contributed by atoms with Crippen LogP contribution in [0.2, 0.25) is 0 Å². The Morgan fingerprint density at radius 1 is 0.521 bits per heavy atom. The zero-order chi connectivity index (χ0) is 34.2. The molecule has 48 heavy (non-hydrogen) atoms. The van der Waals surface area contributed by atoms with E-state index in [1.54, 1.807) is 48.5 Å². The first-order chi connectivity index (χ1) is 23.5. The lowest BCUT2D eigenvalue weighted by atomic mass is 10.1. The number of hydrogen-bond donors (Lipinski definition) is 1. The van der Waals surface area contributed by atoms with Crippen molar-refractivity contribution in [1.29, 1.82) is 0 Å². The van der Waals surface area contributed by atoms with Gasteiger partial charge in [-0.25, -0.2) is 4.79 Å². The maximum Gasteiger partial charge on any atom is 0.343 e. The van der Waals surface area contributed by atoms with Crippen LogP contribution in [-0.2, 0) is 0 Å². The van der Waals surface area contributed by atoms with E-state index in [1.165, 1.54) is 101 Å². The predicted octanol–water partition coefficient (Wildman–Crippen LogP) is 10.6. The highest BCUT2D eigenvalue weighted by Gasteiger charge is 2.12. The van der Waals surface area contributed by atoms with Crippen molar-refractivity contribution in [2.45, 2.75) is 117 Å². The van der Waals surface area contributed by atoms with Gasteiger partial charge in [-0.3, -0.25) is 9.59 Å². The van der Waals surface area contributed by atoms with E-state index >= 15 is 0 Å². The highest BCUT2D eigenvalue weighted by atomic mass is 16.5. The van der Waals surface area contributed by atoms with Crippen molar-refractivity contribution in [3.8, 4) is 17.2 Å². The third kappa shape index (κ3) is 15.2. The third-order valence-corrected chi connectivity index (χ3v) is 8.27. The van der Waals surface area contributed by atoms with Gasteiger partial charge in [0.2, 0.25) is 5.43 Å². The number of carbonyl (C=O) groups is 2. The predicted molar refractivity (Wildman–Crippen MR) is 195 cm³/mol. The number of carbonyl (C=O) groups excluding carboxylic acids is 2. The lowest BCUT2D eigenvalue weighted by molar-refractivity contribution is 0.0733. The molecule has 0 saturated carbocycles. The minimum absolute atomic E-state index is 0.131. The fourth-order valence-electron chi connectivity index (χ4n) is 5.32. The van der Waals surface area contributed by atoms with Gasteiger partial charge >= 0.3 is 5.97 Å². The maximum absolute atomic E-state index is 12.8. The fourth-order valence-corrected chi connectivity index (χ4v) is 5.32. The van der Waals surface area contributed by atoms with E-state index < -0.39 is 11.4 Å². The lowest BCUT2D eigenvalue weighted by Crippen LogP contribution is -2.13. The van der Waals surface area contributed by atoms with Crippen LogP contribution < -0.4 is 25.0 Å². The second-order valence-corrected chi connectivity index (χ2v) is 12.4. The van der Waals surface area contributed by atoms with Crippen LogP contribution in [0.5, 0.6) is 17.2 Å². The summed E-state index contributed by atoms with van der Waals surface area (Å²) in [6.45, 7) is 5.76. The van der Waals surface area contributed by atoms with E-state index in [-0.39, 0.29) is 11.7 Å². The molecule has 3 aromatic rings. The van der Waals surface area contributed by atoms with Gasteiger partial charge < -0.3 is 19.5 Å². The standard InChI is InChI=1S/C41H55NO6/c1-3-5-7-9-11-13-15-17-31-46-36-25-19-33(20-26-36)40(44)42-35-23-29-38(43)39(30-24-35)48-41(45)34-21-27-37(28-22-34)47-32-18-16-14-12-10-8-6-4-2/h19-30H,3-18,31-32H2,1-2H3,(H,42,44). The number of ether oxygens (including phenoxy) is 3. The maximum atomic E-state index is 12.8. The van der Waals surface area contributed by atoms with Crippen LogP contribution >= 0.6 is 0 Å². The largest absolute Gasteiger partial charge is 0.494 e. The van der Waals surface area contributed by atoms with Gasteiger partial charge in [-0.2, -0.15) is 0 Å². The molecule has 3 aromatic carbocycles. The van der Waals surface area contributed by atoms with Crippen molar-refractivity contribution in [3.63, 3.8) is 0 Å². The number of benzene rings is 2. The minimum Gasteiger partial charge on any atom is -0.494 e. The zero-order valence-corrected chi connectivity index (χ0v) is 29.1. The van der Waals surface area contributed by atoms with Crippen molar-refractivity contribution in [2.75, 3.05) is 18.5 Å². The van der Waals surface area contributed by atoms with Crippen LogP contribution in [0.15, 0.2) is 77.6 Å². The molecule has 0 aliphatic carbocycles. The molecule has 0 unspecified atom stereocenters. The highest BCUT2D eigenvalue weighted by molar-refractivity contribution is 6.04. The summed E-state index contributed by atoms with van der Waals surface area (Å²) < 4.78 is 17.1. The number of anilines is 1.